The Morgan fingerprint density at radius 3 is 2.24 bits per heavy atom. The van der Waals surface area contributed by atoms with Gasteiger partial charge in [-0.25, -0.2) is 4.39 Å². The number of benzene rings is 2. The molecule has 2 amide bonds. The first-order chi connectivity index (χ1) is 13.8. The number of nitrogens with one attached hydrogen (secondary N) is 1. The van der Waals surface area contributed by atoms with E-state index in [-0.39, 0.29) is 24.1 Å². The summed E-state index contributed by atoms with van der Waals surface area (Å²) in [6, 6.07) is 12.0. The van der Waals surface area contributed by atoms with Crippen molar-refractivity contribution >= 4 is 23.2 Å². The van der Waals surface area contributed by atoms with E-state index < -0.39 is 0 Å². The van der Waals surface area contributed by atoms with E-state index in [0.29, 0.717) is 13.1 Å². The lowest BCUT2D eigenvalue weighted by atomic mass is 10.1. The lowest BCUT2D eigenvalue weighted by Gasteiger charge is -2.26. The van der Waals surface area contributed by atoms with E-state index in [9.17, 15) is 14.0 Å². The molecule has 0 unspecified atom stereocenters. The standard InChI is InChI=1S/C23H30FN3O2/c1-5-26(6-2)21-11-12-22(17(3)15-21)27(18(4)28)14-13-23(29)25-16-19-7-9-20(24)10-8-19/h7-12,15H,5-6,13-14,16H2,1-4H3,(H,25,29). The molecule has 0 aliphatic carbocycles. The summed E-state index contributed by atoms with van der Waals surface area (Å²) in [7, 11) is 0. The molecule has 5 nitrogen and oxygen atoms in total. The molecule has 2 aromatic rings. The normalized spacial score (nSPS) is 10.5. The van der Waals surface area contributed by atoms with Gasteiger partial charge in [-0.05, 0) is 62.2 Å². The average Bonchev–Trinajstić information content (AvgIpc) is 2.69. The molecule has 0 atom stereocenters. The largest absolute Gasteiger partial charge is 0.372 e. The van der Waals surface area contributed by atoms with Crippen molar-refractivity contribution in [2.45, 2.75) is 40.7 Å². The fraction of sp³-hybridized carbons (Fsp3) is 0.391. The first-order valence-corrected chi connectivity index (χ1v) is 10.0. The van der Waals surface area contributed by atoms with Crippen molar-refractivity contribution in [3.8, 4) is 0 Å². The summed E-state index contributed by atoms with van der Waals surface area (Å²) < 4.78 is 12.9. The number of halogens is 1. The molecule has 156 valence electrons. The maximum Gasteiger partial charge on any atom is 0.223 e. The molecule has 0 aliphatic rings. The molecule has 0 saturated carbocycles. The molecule has 0 fully saturated rings. The van der Waals surface area contributed by atoms with Gasteiger partial charge < -0.3 is 15.1 Å². The Labute approximate surface area is 172 Å². The third-order valence-corrected chi connectivity index (χ3v) is 4.95. The number of nitrogens with zero attached hydrogens (tertiary/aromatic N) is 2. The Morgan fingerprint density at radius 2 is 1.69 bits per heavy atom. The molecule has 2 rings (SSSR count). The Balaban J connectivity index is 2.00. The molecule has 0 heterocycles. The van der Waals surface area contributed by atoms with Crippen molar-refractivity contribution in [3.05, 3.63) is 59.4 Å². The maximum atomic E-state index is 12.9. The Morgan fingerprint density at radius 1 is 1.03 bits per heavy atom. The molecule has 29 heavy (non-hydrogen) atoms. The molecule has 6 heteroatoms. The van der Waals surface area contributed by atoms with Crippen LogP contribution in [-0.2, 0) is 16.1 Å². The van der Waals surface area contributed by atoms with Gasteiger partial charge in [0, 0.05) is 50.9 Å². The topological polar surface area (TPSA) is 52.6 Å². The number of carbonyl (C=O) groups excluding carboxylic acids is 2. The number of rotatable bonds is 9. The van der Waals surface area contributed by atoms with Crippen molar-refractivity contribution < 1.29 is 14.0 Å². The Kier molecular flexibility index (Phi) is 8.19. The van der Waals surface area contributed by atoms with E-state index >= 15 is 0 Å². The van der Waals surface area contributed by atoms with Gasteiger partial charge >= 0.3 is 0 Å². The van der Waals surface area contributed by atoms with Crippen LogP contribution in [0, 0.1) is 12.7 Å². The maximum absolute atomic E-state index is 12.9. The summed E-state index contributed by atoms with van der Waals surface area (Å²) in [4.78, 5) is 28.3. The van der Waals surface area contributed by atoms with Crippen LogP contribution >= 0.6 is 0 Å². The second-order valence-electron chi connectivity index (χ2n) is 6.97. The third kappa shape index (κ3) is 6.31. The highest BCUT2D eigenvalue weighted by atomic mass is 19.1. The van der Waals surface area contributed by atoms with E-state index in [1.807, 2.05) is 19.1 Å². The van der Waals surface area contributed by atoms with Gasteiger partial charge in [0.15, 0.2) is 0 Å². The molecular formula is C23H30FN3O2. The van der Waals surface area contributed by atoms with Gasteiger partial charge in [0.2, 0.25) is 11.8 Å². The van der Waals surface area contributed by atoms with Gasteiger partial charge in [0.25, 0.3) is 0 Å². The lowest BCUT2D eigenvalue weighted by Crippen LogP contribution is -2.34. The average molecular weight is 400 g/mol. The van der Waals surface area contributed by atoms with Crippen LogP contribution < -0.4 is 15.1 Å². The highest BCUT2D eigenvalue weighted by molar-refractivity contribution is 5.93. The quantitative estimate of drug-likeness (QED) is 0.692. The van der Waals surface area contributed by atoms with Crippen LogP contribution in [0.25, 0.3) is 0 Å². The number of hydrogen-bond acceptors (Lipinski definition) is 3. The van der Waals surface area contributed by atoms with E-state index in [1.54, 1.807) is 17.0 Å². The molecule has 0 saturated heterocycles. The van der Waals surface area contributed by atoms with Gasteiger partial charge in [-0.15, -0.1) is 0 Å². The monoisotopic (exact) mass is 399 g/mol. The summed E-state index contributed by atoms with van der Waals surface area (Å²) in [5, 5.41) is 2.81. The minimum atomic E-state index is -0.306. The molecule has 0 radical (unpaired) electrons. The SMILES string of the molecule is CCN(CC)c1ccc(N(CCC(=O)NCc2ccc(F)cc2)C(C)=O)c(C)c1. The molecule has 0 bridgehead atoms. The van der Waals surface area contributed by atoms with Crippen molar-refractivity contribution in [2.24, 2.45) is 0 Å². The molecule has 0 aromatic heterocycles. The molecule has 0 aliphatic heterocycles. The van der Waals surface area contributed by atoms with Gasteiger partial charge in [-0.1, -0.05) is 12.1 Å². The van der Waals surface area contributed by atoms with Crippen LogP contribution in [0.15, 0.2) is 42.5 Å². The van der Waals surface area contributed by atoms with Crippen molar-refractivity contribution in [2.75, 3.05) is 29.4 Å². The highest BCUT2D eigenvalue weighted by Crippen LogP contribution is 2.26. The first-order valence-electron chi connectivity index (χ1n) is 10.0. The van der Waals surface area contributed by atoms with Crippen molar-refractivity contribution in [3.63, 3.8) is 0 Å². The first kappa shape index (κ1) is 22.4. The van der Waals surface area contributed by atoms with E-state index in [0.717, 1.165) is 35.6 Å². The number of carbonyl (C=O) groups is 2. The third-order valence-electron chi connectivity index (χ3n) is 4.95. The minimum absolute atomic E-state index is 0.102. The second-order valence-corrected chi connectivity index (χ2v) is 6.97. The van der Waals surface area contributed by atoms with Gasteiger partial charge in [-0.3, -0.25) is 9.59 Å². The van der Waals surface area contributed by atoms with Crippen LogP contribution in [0.5, 0.6) is 0 Å². The number of hydrogen-bond donors (Lipinski definition) is 1. The predicted octanol–water partition coefficient (Wildman–Crippen LogP) is 4.04. The summed E-state index contributed by atoms with van der Waals surface area (Å²) in [6.45, 7) is 10.2. The predicted molar refractivity (Wildman–Crippen MR) is 116 cm³/mol. The van der Waals surface area contributed by atoms with Crippen LogP contribution in [-0.4, -0.2) is 31.4 Å². The van der Waals surface area contributed by atoms with Crippen LogP contribution in [0.2, 0.25) is 0 Å². The van der Waals surface area contributed by atoms with Crippen LogP contribution in [0.1, 0.15) is 38.3 Å². The Bertz CT molecular complexity index is 833. The van der Waals surface area contributed by atoms with Gasteiger partial charge in [-0.2, -0.15) is 0 Å². The zero-order valence-corrected chi connectivity index (χ0v) is 17.7. The van der Waals surface area contributed by atoms with Crippen LogP contribution in [0.4, 0.5) is 15.8 Å². The summed E-state index contributed by atoms with van der Waals surface area (Å²) >= 11 is 0. The van der Waals surface area contributed by atoms with E-state index in [1.165, 1.54) is 19.1 Å². The molecule has 2 aromatic carbocycles. The highest BCUT2D eigenvalue weighted by Gasteiger charge is 2.16. The van der Waals surface area contributed by atoms with Crippen molar-refractivity contribution in [1.29, 1.82) is 0 Å². The second kappa shape index (κ2) is 10.6. The minimum Gasteiger partial charge on any atom is -0.372 e. The summed E-state index contributed by atoms with van der Waals surface area (Å²) in [6.07, 6.45) is 0.192. The zero-order valence-electron chi connectivity index (χ0n) is 17.7. The number of amides is 2. The molecule has 1 N–H and O–H groups in total. The lowest BCUT2D eigenvalue weighted by molar-refractivity contribution is -0.121. The fourth-order valence-electron chi connectivity index (χ4n) is 3.28. The number of anilines is 2. The summed E-state index contributed by atoms with van der Waals surface area (Å²) in [5.74, 6) is -0.562. The van der Waals surface area contributed by atoms with Crippen LogP contribution in [0.3, 0.4) is 0 Å². The van der Waals surface area contributed by atoms with E-state index in [2.05, 4.69) is 30.1 Å². The van der Waals surface area contributed by atoms with Gasteiger partial charge in [0.05, 0.1) is 0 Å². The Hall–Kier alpha value is -2.89. The van der Waals surface area contributed by atoms with Crippen molar-refractivity contribution in [1.82, 2.24) is 5.32 Å². The summed E-state index contributed by atoms with van der Waals surface area (Å²) in [5.41, 5.74) is 3.76. The smallest absolute Gasteiger partial charge is 0.223 e. The molecular weight excluding hydrogens is 369 g/mol. The number of aryl methyl sites for hydroxylation is 1. The van der Waals surface area contributed by atoms with Gasteiger partial charge in [0.1, 0.15) is 5.82 Å². The molecule has 0 spiro atoms. The fourth-order valence-corrected chi connectivity index (χ4v) is 3.28. The van der Waals surface area contributed by atoms with E-state index in [4.69, 9.17) is 0 Å². The zero-order chi connectivity index (χ0) is 21.4.